The van der Waals surface area contributed by atoms with Crippen molar-refractivity contribution >= 4 is 34.2 Å². The fourth-order valence-electron chi connectivity index (χ4n) is 2.96. The van der Waals surface area contributed by atoms with E-state index in [4.69, 9.17) is 20.8 Å². The van der Waals surface area contributed by atoms with Gasteiger partial charge < -0.3 is 14.5 Å². The van der Waals surface area contributed by atoms with Crippen LogP contribution in [0.3, 0.4) is 0 Å². The van der Waals surface area contributed by atoms with E-state index in [9.17, 15) is 9.59 Å². The van der Waals surface area contributed by atoms with Gasteiger partial charge in [-0.05, 0) is 60.7 Å². The molecule has 0 fully saturated rings. The number of carbonyl (C=O) groups is 1. The van der Waals surface area contributed by atoms with Crippen molar-refractivity contribution in [1.82, 2.24) is 0 Å². The molecular weight excluding hydrogens is 390 g/mol. The van der Waals surface area contributed by atoms with Crippen molar-refractivity contribution in [2.45, 2.75) is 0 Å². The number of hydrogen-bond donors (Lipinski definition) is 1. The maximum Gasteiger partial charge on any atom is 0.255 e. The largest absolute Gasteiger partial charge is 0.497 e. The van der Waals surface area contributed by atoms with Crippen LogP contribution in [-0.4, -0.2) is 13.0 Å². The number of benzene rings is 3. The lowest BCUT2D eigenvalue weighted by molar-refractivity contribution is 0.102. The van der Waals surface area contributed by atoms with Crippen LogP contribution < -0.4 is 15.5 Å². The zero-order chi connectivity index (χ0) is 20.4. The lowest BCUT2D eigenvalue weighted by Crippen LogP contribution is -2.12. The molecular formula is C23H16ClNO4. The highest BCUT2D eigenvalue weighted by Crippen LogP contribution is 2.25. The van der Waals surface area contributed by atoms with E-state index < -0.39 is 0 Å². The molecule has 0 unspecified atom stereocenters. The van der Waals surface area contributed by atoms with E-state index in [1.807, 2.05) is 0 Å². The van der Waals surface area contributed by atoms with Crippen LogP contribution >= 0.6 is 11.6 Å². The molecule has 0 aliphatic rings. The Kier molecular flexibility index (Phi) is 5.06. The van der Waals surface area contributed by atoms with Crippen molar-refractivity contribution in [3.8, 4) is 17.1 Å². The summed E-state index contributed by atoms with van der Waals surface area (Å²) in [4.78, 5) is 25.1. The number of nitrogens with one attached hydrogen (secondary N) is 1. The number of methoxy groups -OCH3 is 1. The molecule has 0 spiro atoms. The fraction of sp³-hybridized carbons (Fsp3) is 0.0435. The Hall–Kier alpha value is -3.57. The minimum Gasteiger partial charge on any atom is -0.497 e. The summed E-state index contributed by atoms with van der Waals surface area (Å²) in [6.07, 6.45) is 0. The topological polar surface area (TPSA) is 68.5 Å². The van der Waals surface area contributed by atoms with Crippen molar-refractivity contribution in [2.75, 3.05) is 12.4 Å². The summed E-state index contributed by atoms with van der Waals surface area (Å²) in [6.45, 7) is 0. The van der Waals surface area contributed by atoms with Gasteiger partial charge in [-0.15, -0.1) is 0 Å². The Bertz CT molecular complexity index is 1260. The van der Waals surface area contributed by atoms with E-state index in [1.165, 1.54) is 13.2 Å². The molecule has 4 aromatic rings. The Morgan fingerprint density at radius 1 is 1.00 bits per heavy atom. The highest BCUT2D eigenvalue weighted by Gasteiger charge is 2.11. The van der Waals surface area contributed by atoms with Gasteiger partial charge in [-0.1, -0.05) is 17.7 Å². The van der Waals surface area contributed by atoms with E-state index in [1.54, 1.807) is 66.7 Å². The number of hydrogen-bond acceptors (Lipinski definition) is 4. The number of carbonyl (C=O) groups excluding carboxylic acids is 1. The summed E-state index contributed by atoms with van der Waals surface area (Å²) in [5.74, 6) is 0.740. The summed E-state index contributed by atoms with van der Waals surface area (Å²) < 4.78 is 11.0. The minimum absolute atomic E-state index is 0.200. The Labute approximate surface area is 171 Å². The second-order valence-electron chi connectivity index (χ2n) is 6.38. The molecule has 4 rings (SSSR count). The molecule has 1 amide bonds. The first-order valence-electron chi connectivity index (χ1n) is 8.83. The molecule has 0 atom stereocenters. The van der Waals surface area contributed by atoms with E-state index in [0.717, 1.165) is 5.56 Å². The van der Waals surface area contributed by atoms with Crippen molar-refractivity contribution in [2.24, 2.45) is 0 Å². The van der Waals surface area contributed by atoms with Gasteiger partial charge >= 0.3 is 0 Å². The van der Waals surface area contributed by atoms with Crippen LogP contribution in [0, 0.1) is 0 Å². The predicted octanol–water partition coefficient (Wildman–Crippen LogP) is 5.37. The molecule has 3 aromatic carbocycles. The molecule has 0 radical (unpaired) electrons. The quantitative estimate of drug-likeness (QED) is 0.495. The second-order valence-corrected chi connectivity index (χ2v) is 6.82. The number of amides is 1. The van der Waals surface area contributed by atoms with Gasteiger partial charge in [-0.3, -0.25) is 9.59 Å². The molecule has 6 heteroatoms. The fourth-order valence-corrected chi connectivity index (χ4v) is 3.08. The highest BCUT2D eigenvalue weighted by atomic mass is 35.5. The zero-order valence-corrected chi connectivity index (χ0v) is 16.2. The van der Waals surface area contributed by atoms with Gasteiger partial charge in [0.2, 0.25) is 0 Å². The summed E-state index contributed by atoms with van der Waals surface area (Å²) >= 11 is 5.91. The first kappa shape index (κ1) is 18.8. The molecule has 29 heavy (non-hydrogen) atoms. The summed E-state index contributed by atoms with van der Waals surface area (Å²) in [6, 6.07) is 20.3. The highest BCUT2D eigenvalue weighted by molar-refractivity contribution is 6.30. The number of halogens is 1. The first-order chi connectivity index (χ1) is 14.0. The van der Waals surface area contributed by atoms with Crippen LogP contribution in [0.1, 0.15) is 10.4 Å². The lowest BCUT2D eigenvalue weighted by Gasteiger charge is -2.08. The molecule has 0 saturated heterocycles. The third-order valence-electron chi connectivity index (χ3n) is 4.45. The Morgan fingerprint density at radius 2 is 1.79 bits per heavy atom. The van der Waals surface area contributed by atoms with E-state index in [-0.39, 0.29) is 11.3 Å². The van der Waals surface area contributed by atoms with Crippen molar-refractivity contribution in [3.63, 3.8) is 0 Å². The van der Waals surface area contributed by atoms with Gasteiger partial charge in [0.05, 0.1) is 12.5 Å². The number of anilines is 1. The van der Waals surface area contributed by atoms with Gasteiger partial charge in [-0.2, -0.15) is 0 Å². The van der Waals surface area contributed by atoms with Crippen LogP contribution in [-0.2, 0) is 0 Å². The Morgan fingerprint density at radius 3 is 2.55 bits per heavy atom. The average molecular weight is 406 g/mol. The molecule has 5 nitrogen and oxygen atoms in total. The number of rotatable bonds is 4. The molecule has 1 heterocycles. The normalized spacial score (nSPS) is 10.7. The van der Waals surface area contributed by atoms with Crippen LogP contribution in [0.2, 0.25) is 5.02 Å². The number of ether oxygens (including phenoxy) is 1. The SMILES string of the molecule is COc1cccc(C(=O)Nc2ccc3oc(-c4ccc(Cl)cc4)cc(=O)c3c2)c1. The summed E-state index contributed by atoms with van der Waals surface area (Å²) in [5.41, 5.74) is 1.94. The third-order valence-corrected chi connectivity index (χ3v) is 4.70. The van der Waals surface area contributed by atoms with Gasteiger partial charge in [-0.25, -0.2) is 0 Å². The molecule has 0 aliphatic carbocycles. The molecule has 0 saturated carbocycles. The average Bonchev–Trinajstić information content (AvgIpc) is 2.74. The summed E-state index contributed by atoms with van der Waals surface area (Å²) in [7, 11) is 1.54. The van der Waals surface area contributed by atoms with Gasteiger partial charge in [0.15, 0.2) is 5.43 Å². The maximum atomic E-state index is 12.6. The van der Waals surface area contributed by atoms with E-state index >= 15 is 0 Å². The number of fused-ring (bicyclic) bond motifs is 1. The molecule has 1 N–H and O–H groups in total. The van der Waals surface area contributed by atoms with Crippen LogP contribution in [0.4, 0.5) is 5.69 Å². The monoisotopic (exact) mass is 405 g/mol. The van der Waals surface area contributed by atoms with Crippen molar-refractivity contribution < 1.29 is 13.9 Å². The van der Waals surface area contributed by atoms with Gasteiger partial charge in [0.25, 0.3) is 5.91 Å². The van der Waals surface area contributed by atoms with Gasteiger partial charge in [0.1, 0.15) is 17.1 Å². The second kappa shape index (κ2) is 7.81. The molecule has 0 bridgehead atoms. The van der Waals surface area contributed by atoms with E-state index in [0.29, 0.717) is 38.8 Å². The summed E-state index contributed by atoms with van der Waals surface area (Å²) in [5, 5.41) is 3.78. The van der Waals surface area contributed by atoms with Crippen LogP contribution in [0.25, 0.3) is 22.3 Å². The van der Waals surface area contributed by atoms with E-state index in [2.05, 4.69) is 5.32 Å². The maximum absolute atomic E-state index is 12.6. The molecule has 1 aromatic heterocycles. The van der Waals surface area contributed by atoms with Gasteiger partial charge in [0, 0.05) is 27.9 Å². The predicted molar refractivity (Wildman–Crippen MR) is 114 cm³/mol. The smallest absolute Gasteiger partial charge is 0.255 e. The lowest BCUT2D eigenvalue weighted by atomic mass is 10.1. The zero-order valence-electron chi connectivity index (χ0n) is 15.4. The van der Waals surface area contributed by atoms with Crippen molar-refractivity contribution in [1.29, 1.82) is 0 Å². The first-order valence-corrected chi connectivity index (χ1v) is 9.20. The minimum atomic E-state index is -0.301. The third kappa shape index (κ3) is 4.00. The Balaban J connectivity index is 1.65. The standard InChI is InChI=1S/C23H16ClNO4/c1-28-18-4-2-3-15(11-18)23(27)25-17-9-10-21-19(12-17)20(26)13-22(29-21)14-5-7-16(24)8-6-14/h2-13H,1H3,(H,25,27). The molecule has 0 aliphatic heterocycles. The van der Waals surface area contributed by atoms with Crippen LogP contribution in [0.5, 0.6) is 5.75 Å². The van der Waals surface area contributed by atoms with Crippen molar-refractivity contribution in [3.05, 3.63) is 93.6 Å². The van der Waals surface area contributed by atoms with Crippen LogP contribution in [0.15, 0.2) is 82.0 Å². The molecule has 144 valence electrons.